The molecule has 1 aliphatic heterocycles. The van der Waals surface area contributed by atoms with Gasteiger partial charge in [-0.2, -0.15) is 0 Å². The van der Waals surface area contributed by atoms with Crippen LogP contribution in [0.4, 0.5) is 0 Å². The van der Waals surface area contributed by atoms with Crippen molar-refractivity contribution in [3.63, 3.8) is 0 Å². The molecule has 0 bridgehead atoms. The zero-order valence-corrected chi connectivity index (χ0v) is 17.5. The summed E-state index contributed by atoms with van der Waals surface area (Å²) < 4.78 is 1.07. The predicted molar refractivity (Wildman–Crippen MR) is 109 cm³/mol. The maximum absolute atomic E-state index is 11.3. The van der Waals surface area contributed by atoms with E-state index >= 15 is 0 Å². The molecule has 2 rings (SSSR count). The molecule has 3 N–H and O–H groups in total. The highest BCUT2D eigenvalue weighted by Gasteiger charge is 2.21. The Hall–Kier alpha value is -1.21. The molecule has 25 heavy (non-hydrogen) atoms. The van der Waals surface area contributed by atoms with Gasteiger partial charge in [-0.15, -0.1) is 11.8 Å². The number of piperidine rings is 1. The first-order chi connectivity index (χ1) is 11.9. The van der Waals surface area contributed by atoms with Crippen molar-refractivity contribution in [2.45, 2.75) is 49.3 Å². The van der Waals surface area contributed by atoms with Crippen LogP contribution in [0.25, 0.3) is 0 Å². The third-order valence-electron chi connectivity index (χ3n) is 3.78. The highest BCUT2D eigenvalue weighted by Crippen LogP contribution is 2.33. The van der Waals surface area contributed by atoms with Gasteiger partial charge in [0.1, 0.15) is 0 Å². The number of thioether (sulfide) groups is 1. The number of carbonyl (C=O) groups excluding carboxylic acids is 1. The third-order valence-corrected chi connectivity index (χ3v) is 5.49. The molecule has 0 spiro atoms. The minimum atomic E-state index is -0.0169. The summed E-state index contributed by atoms with van der Waals surface area (Å²) in [5.74, 6) is 0.945. The molecule has 5 nitrogen and oxygen atoms in total. The van der Waals surface area contributed by atoms with Gasteiger partial charge in [0, 0.05) is 39.7 Å². The summed E-state index contributed by atoms with van der Waals surface area (Å²) in [7, 11) is 0. The molecule has 0 aliphatic carbocycles. The molecule has 1 aromatic carbocycles. The summed E-state index contributed by atoms with van der Waals surface area (Å²) in [6.07, 6.45) is 1.41. The fraction of sp³-hybridized carbons (Fsp3) is 0.556. The van der Waals surface area contributed by atoms with E-state index in [1.807, 2.05) is 11.8 Å². The van der Waals surface area contributed by atoms with E-state index in [1.165, 1.54) is 4.90 Å². The van der Waals surface area contributed by atoms with Gasteiger partial charge in [-0.05, 0) is 51.5 Å². The molecule has 0 radical (unpaired) electrons. The molecule has 1 atom stereocenters. The van der Waals surface area contributed by atoms with Crippen LogP contribution in [0.5, 0.6) is 0 Å². The number of nitrogens with zero attached hydrogens (tertiary/aromatic N) is 1. The van der Waals surface area contributed by atoms with Crippen LogP contribution >= 0.6 is 27.7 Å². The van der Waals surface area contributed by atoms with E-state index in [0.717, 1.165) is 23.4 Å². The molecule has 1 heterocycles. The number of halogens is 1. The fourth-order valence-electron chi connectivity index (χ4n) is 2.49. The van der Waals surface area contributed by atoms with Crippen LogP contribution in [0.2, 0.25) is 0 Å². The van der Waals surface area contributed by atoms with Crippen molar-refractivity contribution in [1.82, 2.24) is 16.0 Å². The Bertz CT molecular complexity index is 594. The van der Waals surface area contributed by atoms with Crippen LogP contribution < -0.4 is 16.0 Å². The van der Waals surface area contributed by atoms with Crippen molar-refractivity contribution >= 4 is 39.6 Å². The van der Waals surface area contributed by atoms with Gasteiger partial charge in [-0.1, -0.05) is 15.9 Å². The van der Waals surface area contributed by atoms with E-state index in [2.05, 4.69) is 76.9 Å². The van der Waals surface area contributed by atoms with Crippen LogP contribution in [0.15, 0.2) is 38.6 Å². The summed E-state index contributed by atoms with van der Waals surface area (Å²) in [4.78, 5) is 17.3. The molecule has 0 aromatic heterocycles. The maximum Gasteiger partial charge on any atom is 0.220 e. The number of benzene rings is 1. The summed E-state index contributed by atoms with van der Waals surface area (Å²) in [6.45, 7) is 8.62. The molecule has 1 amide bonds. The summed E-state index contributed by atoms with van der Waals surface area (Å²) in [5.41, 5.74) is 0. The van der Waals surface area contributed by atoms with Crippen molar-refractivity contribution < 1.29 is 4.79 Å². The largest absolute Gasteiger partial charge is 0.357 e. The normalized spacial score (nSPS) is 18.6. The third kappa shape index (κ3) is 7.28. The molecular formula is C18H27BrN4OS. The van der Waals surface area contributed by atoms with Gasteiger partial charge in [0.2, 0.25) is 5.91 Å². The second-order valence-corrected chi connectivity index (χ2v) is 9.39. The number of amides is 1. The summed E-state index contributed by atoms with van der Waals surface area (Å²) >= 11 is 5.29. The van der Waals surface area contributed by atoms with Crippen LogP contribution in [-0.2, 0) is 4.79 Å². The number of hydrogen-bond donors (Lipinski definition) is 3. The molecule has 138 valence electrons. The van der Waals surface area contributed by atoms with Gasteiger partial charge >= 0.3 is 0 Å². The molecule has 0 saturated carbocycles. The van der Waals surface area contributed by atoms with Gasteiger partial charge in [-0.25, -0.2) is 0 Å². The van der Waals surface area contributed by atoms with E-state index in [1.54, 1.807) is 0 Å². The molecule has 1 unspecified atom stereocenters. The number of rotatable bonds is 6. The standard InChI is InChI=1S/C18H27BrN4OS/c1-4-20-17(23-14-7-10-16(24)21-11-14)22-12-18(2,3)25-15-8-5-13(19)6-9-15/h5-6,8-9,14H,4,7,10-12H2,1-3H3,(H,21,24)(H2,20,22,23). The van der Waals surface area contributed by atoms with Crippen molar-refractivity contribution in [2.75, 3.05) is 19.6 Å². The van der Waals surface area contributed by atoms with Crippen LogP contribution in [0, 0.1) is 0 Å². The number of nitrogens with one attached hydrogen (secondary N) is 3. The van der Waals surface area contributed by atoms with Crippen molar-refractivity contribution in [3.8, 4) is 0 Å². The lowest BCUT2D eigenvalue weighted by molar-refractivity contribution is -0.122. The maximum atomic E-state index is 11.3. The smallest absolute Gasteiger partial charge is 0.220 e. The lowest BCUT2D eigenvalue weighted by atomic mass is 10.1. The Kier molecular flexibility index (Phi) is 7.62. The van der Waals surface area contributed by atoms with E-state index in [-0.39, 0.29) is 16.7 Å². The van der Waals surface area contributed by atoms with Crippen molar-refractivity contribution in [2.24, 2.45) is 4.99 Å². The average Bonchev–Trinajstić information content (AvgIpc) is 2.57. The molecule has 1 aliphatic rings. The fourth-order valence-corrected chi connectivity index (χ4v) is 3.80. The summed E-state index contributed by atoms with van der Waals surface area (Å²) in [6, 6.07) is 8.59. The van der Waals surface area contributed by atoms with Gasteiger partial charge in [0.05, 0.1) is 6.54 Å². The Morgan fingerprint density at radius 3 is 2.72 bits per heavy atom. The van der Waals surface area contributed by atoms with E-state index in [0.29, 0.717) is 19.5 Å². The number of aliphatic imine (C=N–C) groups is 1. The molecule has 1 saturated heterocycles. The van der Waals surface area contributed by atoms with E-state index in [4.69, 9.17) is 4.99 Å². The van der Waals surface area contributed by atoms with Gasteiger partial charge in [0.15, 0.2) is 5.96 Å². The number of guanidine groups is 1. The van der Waals surface area contributed by atoms with Crippen LogP contribution in [-0.4, -0.2) is 42.3 Å². The lowest BCUT2D eigenvalue weighted by Gasteiger charge is -2.27. The van der Waals surface area contributed by atoms with E-state index in [9.17, 15) is 4.79 Å². The minimum absolute atomic E-state index is 0.0169. The molecule has 1 aromatic rings. The van der Waals surface area contributed by atoms with Crippen LogP contribution in [0.1, 0.15) is 33.6 Å². The number of carbonyl (C=O) groups is 1. The van der Waals surface area contributed by atoms with Gasteiger partial charge < -0.3 is 16.0 Å². The van der Waals surface area contributed by atoms with Gasteiger partial charge in [0.25, 0.3) is 0 Å². The van der Waals surface area contributed by atoms with E-state index < -0.39 is 0 Å². The molecule has 1 fully saturated rings. The summed E-state index contributed by atoms with van der Waals surface area (Å²) in [5, 5.41) is 9.62. The minimum Gasteiger partial charge on any atom is -0.357 e. The quantitative estimate of drug-likeness (QED) is 0.371. The second kappa shape index (κ2) is 9.48. The Morgan fingerprint density at radius 1 is 1.40 bits per heavy atom. The van der Waals surface area contributed by atoms with Gasteiger partial charge in [-0.3, -0.25) is 9.79 Å². The second-order valence-electron chi connectivity index (χ2n) is 6.69. The van der Waals surface area contributed by atoms with Crippen molar-refractivity contribution in [3.05, 3.63) is 28.7 Å². The lowest BCUT2D eigenvalue weighted by Crippen LogP contribution is -2.51. The molecule has 7 heteroatoms. The zero-order valence-electron chi connectivity index (χ0n) is 15.1. The van der Waals surface area contributed by atoms with Crippen LogP contribution in [0.3, 0.4) is 0 Å². The molecular weight excluding hydrogens is 400 g/mol. The first-order valence-corrected chi connectivity index (χ1v) is 10.2. The number of hydrogen-bond acceptors (Lipinski definition) is 3. The zero-order chi connectivity index (χ0) is 18.3. The predicted octanol–water partition coefficient (Wildman–Crippen LogP) is 3.15. The first-order valence-electron chi connectivity index (χ1n) is 8.64. The highest BCUT2D eigenvalue weighted by molar-refractivity contribution is 9.10. The Balaban J connectivity index is 1.93. The first kappa shape index (κ1) is 20.1. The Morgan fingerprint density at radius 2 is 2.12 bits per heavy atom. The SMILES string of the molecule is CCNC(=NCC(C)(C)Sc1ccc(Br)cc1)NC1CCC(=O)NC1. The van der Waals surface area contributed by atoms with Crippen molar-refractivity contribution in [1.29, 1.82) is 0 Å². The average molecular weight is 427 g/mol. The highest BCUT2D eigenvalue weighted by atomic mass is 79.9. The Labute approximate surface area is 163 Å². The monoisotopic (exact) mass is 426 g/mol. The topological polar surface area (TPSA) is 65.5 Å².